The van der Waals surface area contributed by atoms with Crippen molar-refractivity contribution in [1.82, 2.24) is 0 Å². The van der Waals surface area contributed by atoms with E-state index in [-0.39, 0.29) is 5.75 Å². The Morgan fingerprint density at radius 2 is 1.93 bits per heavy atom. The number of aromatic hydroxyl groups is 1. The average molecular weight is 198 g/mol. The lowest BCUT2D eigenvalue weighted by Gasteiger charge is -2.18. The van der Waals surface area contributed by atoms with Crippen molar-refractivity contribution in [1.29, 1.82) is 0 Å². The van der Waals surface area contributed by atoms with Gasteiger partial charge in [0.25, 0.3) is 0 Å². The lowest BCUT2D eigenvalue weighted by Crippen LogP contribution is -2.00. The molecule has 0 aromatic heterocycles. The van der Waals surface area contributed by atoms with E-state index in [9.17, 15) is 10.2 Å². The van der Waals surface area contributed by atoms with Crippen LogP contribution in [0, 0.1) is 0 Å². The fraction of sp³-hybridized carbons (Fsp3) is 0.0769. The molecule has 2 heteroatoms. The maximum absolute atomic E-state index is 9.81. The third kappa shape index (κ3) is 1.09. The van der Waals surface area contributed by atoms with Gasteiger partial charge in [0.1, 0.15) is 11.9 Å². The van der Waals surface area contributed by atoms with E-state index in [2.05, 4.69) is 0 Å². The molecule has 1 aliphatic carbocycles. The minimum absolute atomic E-state index is 0.159. The zero-order valence-electron chi connectivity index (χ0n) is 8.01. The summed E-state index contributed by atoms with van der Waals surface area (Å²) < 4.78 is 0. The fourth-order valence-electron chi connectivity index (χ4n) is 2.15. The van der Waals surface area contributed by atoms with Crippen molar-refractivity contribution < 1.29 is 10.2 Å². The Morgan fingerprint density at radius 1 is 1.07 bits per heavy atom. The van der Waals surface area contributed by atoms with E-state index in [1.807, 2.05) is 30.3 Å². The summed E-state index contributed by atoms with van der Waals surface area (Å²) in [6, 6.07) is 9.43. The summed E-state index contributed by atoms with van der Waals surface area (Å²) in [5.74, 6) is 0.159. The molecule has 0 heterocycles. The van der Waals surface area contributed by atoms with E-state index >= 15 is 0 Å². The zero-order chi connectivity index (χ0) is 10.4. The molecule has 15 heavy (non-hydrogen) atoms. The van der Waals surface area contributed by atoms with Gasteiger partial charge in [-0.3, -0.25) is 0 Å². The molecule has 0 radical (unpaired) electrons. The Bertz CT molecular complexity index is 570. The van der Waals surface area contributed by atoms with Gasteiger partial charge in [-0.15, -0.1) is 0 Å². The lowest BCUT2D eigenvalue weighted by atomic mass is 9.91. The van der Waals surface area contributed by atoms with Gasteiger partial charge in [0.2, 0.25) is 0 Å². The van der Waals surface area contributed by atoms with Gasteiger partial charge in [0.05, 0.1) is 0 Å². The average Bonchev–Trinajstić information content (AvgIpc) is 2.25. The first kappa shape index (κ1) is 8.50. The highest BCUT2D eigenvalue weighted by Gasteiger charge is 2.18. The smallest absolute Gasteiger partial charge is 0.122 e. The second-order valence-electron chi connectivity index (χ2n) is 3.75. The Labute approximate surface area is 87.1 Å². The third-order valence-corrected chi connectivity index (χ3v) is 2.85. The molecule has 74 valence electrons. The Kier molecular flexibility index (Phi) is 1.61. The van der Waals surface area contributed by atoms with Crippen LogP contribution in [0.15, 0.2) is 36.4 Å². The first-order chi connectivity index (χ1) is 7.27. The number of aliphatic hydroxyl groups excluding tert-OH is 1. The summed E-state index contributed by atoms with van der Waals surface area (Å²) in [5.41, 5.74) is 1.66. The van der Waals surface area contributed by atoms with E-state index in [1.54, 1.807) is 12.1 Å². The monoisotopic (exact) mass is 198 g/mol. The summed E-state index contributed by atoms with van der Waals surface area (Å²) >= 11 is 0. The van der Waals surface area contributed by atoms with Crippen molar-refractivity contribution in [3.05, 3.63) is 47.5 Å². The molecule has 0 saturated carbocycles. The summed E-state index contributed by atoms with van der Waals surface area (Å²) in [7, 11) is 0. The number of benzene rings is 2. The van der Waals surface area contributed by atoms with Crippen LogP contribution in [0.1, 0.15) is 17.2 Å². The van der Waals surface area contributed by atoms with E-state index < -0.39 is 6.10 Å². The van der Waals surface area contributed by atoms with Crippen molar-refractivity contribution >= 4 is 16.8 Å². The second-order valence-corrected chi connectivity index (χ2v) is 3.75. The van der Waals surface area contributed by atoms with Crippen LogP contribution < -0.4 is 0 Å². The number of aliphatic hydroxyl groups is 1. The molecule has 0 saturated heterocycles. The Hall–Kier alpha value is -1.80. The molecule has 0 bridgehead atoms. The zero-order valence-corrected chi connectivity index (χ0v) is 8.01. The highest BCUT2D eigenvalue weighted by atomic mass is 16.3. The predicted octanol–water partition coefficient (Wildman–Crippen LogP) is 2.61. The second kappa shape index (κ2) is 2.84. The molecule has 3 rings (SSSR count). The van der Waals surface area contributed by atoms with E-state index in [0.717, 1.165) is 16.3 Å². The molecule has 2 aromatic carbocycles. The van der Waals surface area contributed by atoms with Gasteiger partial charge >= 0.3 is 0 Å². The number of hydrogen-bond donors (Lipinski definition) is 2. The number of phenolic OH excluding ortho intramolecular Hbond substituents is 1. The molecular weight excluding hydrogens is 188 g/mol. The van der Waals surface area contributed by atoms with Gasteiger partial charge in [-0.1, -0.05) is 36.4 Å². The van der Waals surface area contributed by atoms with Crippen LogP contribution in [0.25, 0.3) is 16.8 Å². The van der Waals surface area contributed by atoms with Gasteiger partial charge in [-0.2, -0.15) is 0 Å². The van der Waals surface area contributed by atoms with Crippen LogP contribution >= 0.6 is 0 Å². The van der Waals surface area contributed by atoms with Gasteiger partial charge in [-0.25, -0.2) is 0 Å². The van der Waals surface area contributed by atoms with Crippen LogP contribution in [-0.4, -0.2) is 10.2 Å². The van der Waals surface area contributed by atoms with E-state index in [0.29, 0.717) is 5.56 Å². The van der Waals surface area contributed by atoms with E-state index in [1.165, 1.54) is 0 Å². The molecule has 2 nitrogen and oxygen atoms in total. The van der Waals surface area contributed by atoms with Crippen molar-refractivity contribution in [2.75, 3.05) is 0 Å². The summed E-state index contributed by atoms with van der Waals surface area (Å²) in [6.45, 7) is 0. The van der Waals surface area contributed by atoms with Gasteiger partial charge in [0.15, 0.2) is 0 Å². The fourth-order valence-corrected chi connectivity index (χ4v) is 2.15. The number of hydrogen-bond acceptors (Lipinski definition) is 2. The van der Waals surface area contributed by atoms with E-state index in [4.69, 9.17) is 0 Å². The van der Waals surface area contributed by atoms with Crippen LogP contribution in [0.4, 0.5) is 0 Å². The maximum Gasteiger partial charge on any atom is 0.122 e. The number of phenols is 1. The summed E-state index contributed by atoms with van der Waals surface area (Å²) in [6.07, 6.45) is 2.87. The highest BCUT2D eigenvalue weighted by Crippen LogP contribution is 2.38. The first-order valence-electron chi connectivity index (χ1n) is 4.88. The van der Waals surface area contributed by atoms with Crippen LogP contribution in [-0.2, 0) is 0 Å². The van der Waals surface area contributed by atoms with Crippen molar-refractivity contribution in [3.8, 4) is 5.75 Å². The molecule has 1 unspecified atom stereocenters. The quantitative estimate of drug-likeness (QED) is 0.683. The Balaban J connectivity index is 2.54. The molecular formula is C13H10O2. The molecule has 0 spiro atoms. The van der Waals surface area contributed by atoms with Gasteiger partial charge < -0.3 is 10.2 Å². The van der Waals surface area contributed by atoms with Crippen molar-refractivity contribution in [2.45, 2.75) is 6.10 Å². The molecule has 0 fully saturated rings. The normalized spacial score (nSPS) is 18.3. The van der Waals surface area contributed by atoms with Crippen LogP contribution in [0.5, 0.6) is 5.75 Å². The predicted molar refractivity (Wildman–Crippen MR) is 59.6 cm³/mol. The molecule has 1 aliphatic rings. The minimum Gasteiger partial charge on any atom is -0.508 e. The molecule has 2 N–H and O–H groups in total. The first-order valence-corrected chi connectivity index (χ1v) is 4.88. The topological polar surface area (TPSA) is 40.5 Å². The van der Waals surface area contributed by atoms with Crippen molar-refractivity contribution in [2.24, 2.45) is 0 Å². The van der Waals surface area contributed by atoms with Crippen LogP contribution in [0.3, 0.4) is 0 Å². The maximum atomic E-state index is 9.81. The van der Waals surface area contributed by atoms with Gasteiger partial charge in [0, 0.05) is 5.56 Å². The standard InChI is InChI=1S/C13H10O2/c14-10-6-4-8-2-1-3-9-5-7-11(15)13(10)12(8)9/h1-7,10,14-15H. The Morgan fingerprint density at radius 3 is 2.80 bits per heavy atom. The van der Waals surface area contributed by atoms with Crippen LogP contribution in [0.2, 0.25) is 0 Å². The largest absolute Gasteiger partial charge is 0.508 e. The lowest BCUT2D eigenvalue weighted by molar-refractivity contribution is 0.225. The summed E-state index contributed by atoms with van der Waals surface area (Å²) in [4.78, 5) is 0. The van der Waals surface area contributed by atoms with Crippen molar-refractivity contribution in [3.63, 3.8) is 0 Å². The third-order valence-electron chi connectivity index (χ3n) is 2.85. The molecule has 0 amide bonds. The number of rotatable bonds is 0. The molecule has 1 atom stereocenters. The SMILES string of the molecule is Oc1ccc2cccc3c2c1C(O)C=C3. The minimum atomic E-state index is -0.705. The van der Waals surface area contributed by atoms with Gasteiger partial charge in [-0.05, 0) is 22.4 Å². The highest BCUT2D eigenvalue weighted by molar-refractivity contribution is 5.96. The molecule has 0 aliphatic heterocycles. The molecule has 2 aromatic rings. The summed E-state index contributed by atoms with van der Waals surface area (Å²) in [5, 5.41) is 21.5.